The Hall–Kier alpha value is -2.35. The van der Waals surface area contributed by atoms with Crippen molar-refractivity contribution in [1.29, 1.82) is 0 Å². The molecular weight excluding hydrogens is 321 g/mol. The summed E-state index contributed by atoms with van der Waals surface area (Å²) in [5.74, 6) is -1.40. The van der Waals surface area contributed by atoms with Gasteiger partial charge in [0.2, 0.25) is 11.0 Å². The summed E-state index contributed by atoms with van der Waals surface area (Å²) < 4.78 is 12.8. The molecule has 0 saturated heterocycles. The first-order chi connectivity index (χ1) is 11.0. The molecule has 0 aliphatic carbocycles. The minimum atomic E-state index is -0.809. The smallest absolute Gasteiger partial charge is 0.303 e. The first-order valence-electron chi connectivity index (χ1n) is 7.11. The summed E-state index contributed by atoms with van der Waals surface area (Å²) in [5.41, 5.74) is 0.710. The van der Waals surface area contributed by atoms with E-state index in [0.717, 1.165) is 5.01 Å². The van der Waals surface area contributed by atoms with E-state index in [2.05, 4.69) is 15.5 Å². The lowest BCUT2D eigenvalue weighted by Gasteiger charge is -2.01. The maximum atomic E-state index is 12.8. The van der Waals surface area contributed by atoms with Crippen LogP contribution in [0.5, 0.6) is 0 Å². The first kappa shape index (κ1) is 17.0. The zero-order chi connectivity index (χ0) is 16.7. The summed E-state index contributed by atoms with van der Waals surface area (Å²) >= 11 is 1.27. The van der Waals surface area contributed by atoms with Gasteiger partial charge in [-0.2, -0.15) is 0 Å². The number of carboxylic acid groups (broad SMARTS) is 1. The van der Waals surface area contributed by atoms with Crippen molar-refractivity contribution in [3.8, 4) is 0 Å². The van der Waals surface area contributed by atoms with Crippen LogP contribution in [0.15, 0.2) is 24.3 Å². The molecule has 0 saturated carbocycles. The maximum absolute atomic E-state index is 12.8. The fourth-order valence-electron chi connectivity index (χ4n) is 1.91. The lowest BCUT2D eigenvalue weighted by atomic mass is 10.1. The van der Waals surface area contributed by atoms with Crippen LogP contribution < -0.4 is 5.32 Å². The number of nitrogens with one attached hydrogen (secondary N) is 1. The van der Waals surface area contributed by atoms with Crippen molar-refractivity contribution in [2.24, 2.45) is 0 Å². The Morgan fingerprint density at radius 2 is 1.91 bits per heavy atom. The largest absolute Gasteiger partial charge is 0.481 e. The molecule has 8 heteroatoms. The molecule has 1 heterocycles. The highest BCUT2D eigenvalue weighted by Gasteiger charge is 2.09. The predicted molar refractivity (Wildman–Crippen MR) is 83.8 cm³/mol. The average Bonchev–Trinajstić information content (AvgIpc) is 2.93. The molecule has 2 aromatic rings. The number of benzene rings is 1. The molecule has 1 aromatic heterocycles. The number of aliphatic carboxylic acids is 1. The minimum absolute atomic E-state index is 0.133. The second kappa shape index (κ2) is 8.33. The maximum Gasteiger partial charge on any atom is 0.303 e. The normalized spacial score (nSPS) is 10.5. The van der Waals surface area contributed by atoms with Crippen molar-refractivity contribution >= 4 is 28.3 Å². The lowest BCUT2D eigenvalue weighted by Crippen LogP contribution is -2.14. The molecule has 2 N–H and O–H groups in total. The van der Waals surface area contributed by atoms with Gasteiger partial charge in [-0.3, -0.25) is 9.59 Å². The van der Waals surface area contributed by atoms with Gasteiger partial charge in [0.15, 0.2) is 0 Å². The number of carbonyl (C=O) groups is 2. The van der Waals surface area contributed by atoms with E-state index >= 15 is 0 Å². The Bertz CT molecular complexity index is 673. The van der Waals surface area contributed by atoms with Gasteiger partial charge in [-0.15, -0.1) is 10.2 Å². The quantitative estimate of drug-likeness (QED) is 0.723. The molecule has 0 aliphatic heterocycles. The van der Waals surface area contributed by atoms with Crippen molar-refractivity contribution in [2.75, 3.05) is 5.32 Å². The molecule has 0 aliphatic rings. The monoisotopic (exact) mass is 337 g/mol. The van der Waals surface area contributed by atoms with E-state index in [-0.39, 0.29) is 24.6 Å². The molecule has 1 aromatic carbocycles. The third-order valence-corrected chi connectivity index (χ3v) is 3.92. The molecule has 0 radical (unpaired) electrons. The number of hydrogen-bond acceptors (Lipinski definition) is 5. The lowest BCUT2D eigenvalue weighted by molar-refractivity contribution is -0.137. The number of aryl methyl sites for hydroxylation is 1. The molecular formula is C15H16FN3O3S. The standard InChI is InChI=1S/C15H16FN3O3S/c16-11-7-5-10(6-8-11)9-12(20)17-15-19-18-13(23-15)3-1-2-4-14(21)22/h5-8H,1-4,9H2,(H,21,22)(H,17,19,20). The summed E-state index contributed by atoms with van der Waals surface area (Å²) in [7, 11) is 0. The molecule has 6 nitrogen and oxygen atoms in total. The van der Waals surface area contributed by atoms with Crippen LogP contribution in [0.3, 0.4) is 0 Å². The van der Waals surface area contributed by atoms with Crippen LogP contribution in [-0.4, -0.2) is 27.2 Å². The fraction of sp³-hybridized carbons (Fsp3) is 0.333. The van der Waals surface area contributed by atoms with Gasteiger partial charge in [0, 0.05) is 12.8 Å². The number of amides is 1. The number of hydrogen-bond donors (Lipinski definition) is 2. The fourth-order valence-corrected chi connectivity index (χ4v) is 2.71. The number of rotatable bonds is 8. The Morgan fingerprint density at radius 3 is 2.61 bits per heavy atom. The van der Waals surface area contributed by atoms with Crippen molar-refractivity contribution in [1.82, 2.24) is 10.2 Å². The van der Waals surface area contributed by atoms with Crippen molar-refractivity contribution < 1.29 is 19.1 Å². The number of anilines is 1. The number of nitrogens with zero attached hydrogens (tertiary/aromatic N) is 2. The summed E-state index contributed by atoms with van der Waals surface area (Å²) in [4.78, 5) is 22.3. The summed E-state index contributed by atoms with van der Waals surface area (Å²) in [6, 6.07) is 5.73. The Labute approximate surface area is 136 Å². The third kappa shape index (κ3) is 6.11. The van der Waals surface area contributed by atoms with Gasteiger partial charge in [0.05, 0.1) is 6.42 Å². The van der Waals surface area contributed by atoms with E-state index in [9.17, 15) is 14.0 Å². The highest BCUT2D eigenvalue weighted by atomic mass is 32.1. The topological polar surface area (TPSA) is 92.2 Å². The number of unbranched alkanes of at least 4 members (excludes halogenated alkanes) is 1. The predicted octanol–water partition coefficient (Wildman–Crippen LogP) is 2.66. The Morgan fingerprint density at radius 1 is 1.17 bits per heavy atom. The highest BCUT2D eigenvalue weighted by molar-refractivity contribution is 7.15. The van der Waals surface area contributed by atoms with E-state index in [1.165, 1.54) is 23.5 Å². The second-order valence-electron chi connectivity index (χ2n) is 4.95. The SMILES string of the molecule is O=C(O)CCCCc1nnc(NC(=O)Cc2ccc(F)cc2)s1. The van der Waals surface area contributed by atoms with Crippen LogP contribution >= 0.6 is 11.3 Å². The zero-order valence-electron chi connectivity index (χ0n) is 12.3. The molecule has 1 amide bonds. The Kier molecular flexibility index (Phi) is 6.16. The zero-order valence-corrected chi connectivity index (χ0v) is 13.1. The van der Waals surface area contributed by atoms with Crippen LogP contribution in [0.2, 0.25) is 0 Å². The molecule has 0 fully saturated rings. The number of carbonyl (C=O) groups excluding carboxylic acids is 1. The van der Waals surface area contributed by atoms with Gasteiger partial charge in [0.1, 0.15) is 10.8 Å². The van der Waals surface area contributed by atoms with E-state index in [1.54, 1.807) is 12.1 Å². The summed E-state index contributed by atoms with van der Waals surface area (Å²) in [6.07, 6.45) is 2.21. The molecule has 2 rings (SSSR count). The van der Waals surface area contributed by atoms with Crippen LogP contribution in [0.25, 0.3) is 0 Å². The van der Waals surface area contributed by atoms with Gasteiger partial charge >= 0.3 is 5.97 Å². The van der Waals surface area contributed by atoms with Crippen LogP contribution in [0, 0.1) is 5.82 Å². The van der Waals surface area contributed by atoms with Crippen molar-refractivity contribution in [2.45, 2.75) is 32.1 Å². The minimum Gasteiger partial charge on any atom is -0.481 e. The van der Waals surface area contributed by atoms with Gasteiger partial charge in [-0.1, -0.05) is 23.5 Å². The first-order valence-corrected chi connectivity index (χ1v) is 7.93. The molecule has 0 atom stereocenters. The van der Waals surface area contributed by atoms with E-state index in [1.807, 2.05) is 0 Å². The van der Waals surface area contributed by atoms with Gasteiger partial charge in [0.25, 0.3) is 0 Å². The van der Waals surface area contributed by atoms with Crippen LogP contribution in [0.4, 0.5) is 9.52 Å². The van der Waals surface area contributed by atoms with E-state index in [0.29, 0.717) is 30.0 Å². The highest BCUT2D eigenvalue weighted by Crippen LogP contribution is 2.18. The molecule has 0 unspecified atom stereocenters. The molecule has 0 spiro atoms. The third-order valence-electron chi connectivity index (χ3n) is 3.02. The average molecular weight is 337 g/mol. The number of halogens is 1. The van der Waals surface area contributed by atoms with Crippen LogP contribution in [-0.2, 0) is 22.4 Å². The summed E-state index contributed by atoms with van der Waals surface area (Å²) in [6.45, 7) is 0. The van der Waals surface area contributed by atoms with E-state index < -0.39 is 5.97 Å². The van der Waals surface area contributed by atoms with Crippen molar-refractivity contribution in [3.05, 3.63) is 40.7 Å². The molecule has 0 bridgehead atoms. The van der Waals surface area contributed by atoms with Gasteiger partial charge in [-0.05, 0) is 30.5 Å². The van der Waals surface area contributed by atoms with E-state index in [4.69, 9.17) is 5.11 Å². The number of aromatic nitrogens is 2. The van der Waals surface area contributed by atoms with Crippen molar-refractivity contribution in [3.63, 3.8) is 0 Å². The Balaban J connectivity index is 1.78. The summed E-state index contributed by atoms with van der Waals surface area (Å²) in [5, 5.41) is 20.2. The van der Waals surface area contributed by atoms with Crippen LogP contribution in [0.1, 0.15) is 29.8 Å². The molecule has 23 heavy (non-hydrogen) atoms. The van der Waals surface area contributed by atoms with Gasteiger partial charge < -0.3 is 10.4 Å². The molecule has 122 valence electrons. The number of carboxylic acids is 1. The van der Waals surface area contributed by atoms with Gasteiger partial charge in [-0.25, -0.2) is 4.39 Å². The second-order valence-corrected chi connectivity index (χ2v) is 6.02.